The Balaban J connectivity index is 1.62. The molecule has 0 unspecified atom stereocenters. The molecule has 0 atom stereocenters. The molecule has 0 aliphatic rings. The van der Waals surface area contributed by atoms with Crippen molar-refractivity contribution in [3.63, 3.8) is 0 Å². The van der Waals surface area contributed by atoms with Crippen LogP contribution in [0.2, 0.25) is 0 Å². The van der Waals surface area contributed by atoms with Gasteiger partial charge < -0.3 is 9.73 Å². The van der Waals surface area contributed by atoms with Gasteiger partial charge in [-0.2, -0.15) is 0 Å². The zero-order chi connectivity index (χ0) is 16.2. The number of aryl methyl sites for hydroxylation is 2. The van der Waals surface area contributed by atoms with E-state index >= 15 is 0 Å². The van der Waals surface area contributed by atoms with Crippen molar-refractivity contribution in [3.05, 3.63) is 41.1 Å². The van der Waals surface area contributed by atoms with E-state index in [2.05, 4.69) is 45.6 Å². The Hall–Kier alpha value is -1.93. The van der Waals surface area contributed by atoms with Gasteiger partial charge in [0, 0.05) is 12.1 Å². The van der Waals surface area contributed by atoms with Crippen molar-refractivity contribution in [2.45, 2.75) is 37.3 Å². The van der Waals surface area contributed by atoms with Crippen molar-refractivity contribution in [1.29, 1.82) is 0 Å². The number of rotatable bonds is 6. The minimum absolute atomic E-state index is 0.602. The minimum Gasteiger partial charge on any atom is -0.424 e. The van der Waals surface area contributed by atoms with Crippen molar-refractivity contribution < 1.29 is 4.42 Å². The summed E-state index contributed by atoms with van der Waals surface area (Å²) < 4.78 is 6.35. The number of benzene rings is 1. The van der Waals surface area contributed by atoms with Gasteiger partial charge in [0.25, 0.3) is 0 Å². The van der Waals surface area contributed by atoms with E-state index in [0.717, 1.165) is 21.6 Å². The molecule has 6 nitrogen and oxygen atoms in total. The first-order valence-corrected chi connectivity index (χ1v) is 9.06. The Kier molecular flexibility index (Phi) is 4.92. The third-order valence-corrected chi connectivity index (χ3v) is 5.34. The lowest BCUT2D eigenvalue weighted by Crippen LogP contribution is -1.94. The minimum atomic E-state index is 0.602. The topological polar surface area (TPSA) is 76.7 Å². The summed E-state index contributed by atoms with van der Waals surface area (Å²) in [5.74, 6) is 1.88. The maximum atomic E-state index is 5.48. The Morgan fingerprint density at radius 1 is 1.13 bits per heavy atom. The van der Waals surface area contributed by atoms with Gasteiger partial charge in [-0.05, 0) is 31.0 Å². The van der Waals surface area contributed by atoms with Gasteiger partial charge >= 0.3 is 0 Å². The molecule has 2 aromatic heterocycles. The number of thioether (sulfide) groups is 1. The average Bonchev–Trinajstić information content (AvgIpc) is 3.19. The van der Waals surface area contributed by atoms with E-state index in [1.807, 2.05) is 19.1 Å². The van der Waals surface area contributed by atoms with Gasteiger partial charge in [0.15, 0.2) is 4.34 Å². The summed E-state index contributed by atoms with van der Waals surface area (Å²) in [6, 6.07) is 6.17. The predicted octanol–water partition coefficient (Wildman–Crippen LogP) is 4.14. The Morgan fingerprint density at radius 2 is 1.96 bits per heavy atom. The summed E-state index contributed by atoms with van der Waals surface area (Å²) in [4.78, 5) is 0. The van der Waals surface area contributed by atoms with Crippen molar-refractivity contribution in [1.82, 2.24) is 20.4 Å². The summed E-state index contributed by atoms with van der Waals surface area (Å²) in [6.07, 6.45) is 0.750. The van der Waals surface area contributed by atoms with Crippen LogP contribution in [0.4, 0.5) is 10.8 Å². The first kappa shape index (κ1) is 15.9. The first-order chi connectivity index (χ1) is 11.2. The van der Waals surface area contributed by atoms with E-state index in [4.69, 9.17) is 4.42 Å². The fourth-order valence-corrected chi connectivity index (χ4v) is 3.53. The molecule has 0 fully saturated rings. The number of hydrogen-bond donors (Lipinski definition) is 1. The van der Waals surface area contributed by atoms with Crippen LogP contribution in [-0.2, 0) is 12.2 Å². The molecule has 23 heavy (non-hydrogen) atoms. The van der Waals surface area contributed by atoms with E-state index in [1.54, 1.807) is 11.8 Å². The zero-order valence-corrected chi connectivity index (χ0v) is 14.8. The van der Waals surface area contributed by atoms with Crippen LogP contribution in [0.25, 0.3) is 0 Å². The number of nitrogens with one attached hydrogen (secondary N) is 1. The second-order valence-corrected chi connectivity index (χ2v) is 7.18. The van der Waals surface area contributed by atoms with E-state index in [-0.39, 0.29) is 0 Å². The fourth-order valence-electron chi connectivity index (χ4n) is 1.93. The Bertz CT molecular complexity index is 799. The van der Waals surface area contributed by atoms with Crippen LogP contribution >= 0.6 is 23.1 Å². The van der Waals surface area contributed by atoms with E-state index in [9.17, 15) is 0 Å². The third-order valence-electron chi connectivity index (χ3n) is 3.38. The highest BCUT2D eigenvalue weighted by Crippen LogP contribution is 2.30. The summed E-state index contributed by atoms with van der Waals surface area (Å²) in [5.41, 5.74) is 3.52. The average molecular weight is 347 g/mol. The van der Waals surface area contributed by atoms with E-state index in [0.29, 0.717) is 17.5 Å². The molecule has 0 saturated carbocycles. The second kappa shape index (κ2) is 7.10. The molecular weight excluding hydrogens is 330 g/mol. The highest BCUT2D eigenvalue weighted by Gasteiger charge is 2.10. The molecule has 0 radical (unpaired) electrons. The zero-order valence-electron chi connectivity index (χ0n) is 13.2. The van der Waals surface area contributed by atoms with Gasteiger partial charge in [-0.3, -0.25) is 0 Å². The molecular formula is C15H17N5OS2. The predicted molar refractivity (Wildman–Crippen MR) is 92.3 cm³/mol. The van der Waals surface area contributed by atoms with Gasteiger partial charge in [0.05, 0.1) is 5.75 Å². The number of aromatic nitrogens is 4. The van der Waals surface area contributed by atoms with Crippen molar-refractivity contribution in [3.8, 4) is 0 Å². The lowest BCUT2D eigenvalue weighted by atomic mass is 10.1. The maximum absolute atomic E-state index is 5.48. The lowest BCUT2D eigenvalue weighted by Gasteiger charge is -2.08. The molecule has 0 spiro atoms. The van der Waals surface area contributed by atoms with Crippen molar-refractivity contribution in [2.24, 2.45) is 0 Å². The molecule has 0 bridgehead atoms. The molecule has 0 aliphatic heterocycles. The summed E-state index contributed by atoms with van der Waals surface area (Å²) >= 11 is 3.06. The van der Waals surface area contributed by atoms with Crippen LogP contribution in [0, 0.1) is 13.8 Å². The summed E-state index contributed by atoms with van der Waals surface area (Å²) in [6.45, 7) is 6.17. The fraction of sp³-hybridized carbons (Fsp3) is 0.333. The van der Waals surface area contributed by atoms with Gasteiger partial charge in [-0.25, -0.2) is 0 Å². The van der Waals surface area contributed by atoms with Crippen LogP contribution < -0.4 is 5.32 Å². The van der Waals surface area contributed by atoms with E-state index < -0.39 is 0 Å². The molecule has 3 aromatic rings. The summed E-state index contributed by atoms with van der Waals surface area (Å²) in [7, 11) is 0. The third kappa shape index (κ3) is 3.89. The van der Waals surface area contributed by atoms with Gasteiger partial charge in [-0.1, -0.05) is 42.2 Å². The van der Waals surface area contributed by atoms with E-state index in [1.165, 1.54) is 22.5 Å². The lowest BCUT2D eigenvalue weighted by molar-refractivity contribution is 0.470. The molecule has 8 heteroatoms. The molecule has 0 aliphatic carbocycles. The molecule has 120 valence electrons. The smallest absolute Gasteiger partial charge is 0.226 e. The standard InChI is InChI=1S/C15H17N5OS2/c1-4-12-17-18-13(21-12)8-22-15-20-19-14(23-15)16-11-7-5-6-9(2)10(11)3/h5-7H,4,8H2,1-3H3,(H,16,19). The van der Waals surface area contributed by atoms with Gasteiger partial charge in [0.1, 0.15) is 0 Å². The Morgan fingerprint density at radius 3 is 2.74 bits per heavy atom. The van der Waals surface area contributed by atoms with Crippen molar-refractivity contribution in [2.75, 3.05) is 5.32 Å². The highest BCUT2D eigenvalue weighted by molar-refractivity contribution is 8.00. The van der Waals surface area contributed by atoms with Crippen LogP contribution in [0.1, 0.15) is 29.8 Å². The van der Waals surface area contributed by atoms with Crippen LogP contribution in [0.15, 0.2) is 27.0 Å². The SMILES string of the molecule is CCc1nnc(CSc2nnc(Nc3cccc(C)c3C)s2)o1. The largest absolute Gasteiger partial charge is 0.424 e. The number of hydrogen-bond acceptors (Lipinski definition) is 8. The normalized spacial score (nSPS) is 10.9. The summed E-state index contributed by atoms with van der Waals surface area (Å²) in [5, 5.41) is 20.4. The molecule has 1 aromatic carbocycles. The number of anilines is 2. The maximum Gasteiger partial charge on any atom is 0.226 e. The van der Waals surface area contributed by atoms with Crippen molar-refractivity contribution >= 4 is 33.9 Å². The monoisotopic (exact) mass is 347 g/mol. The van der Waals surface area contributed by atoms with Gasteiger partial charge in [0.2, 0.25) is 16.9 Å². The number of nitrogens with zero attached hydrogens (tertiary/aromatic N) is 4. The molecule has 3 rings (SSSR count). The highest BCUT2D eigenvalue weighted by atomic mass is 32.2. The van der Waals surface area contributed by atoms with Crippen LogP contribution in [0.5, 0.6) is 0 Å². The van der Waals surface area contributed by atoms with Crippen LogP contribution in [-0.4, -0.2) is 20.4 Å². The molecule has 0 amide bonds. The molecule has 2 heterocycles. The molecule has 1 N–H and O–H groups in total. The van der Waals surface area contributed by atoms with Crippen LogP contribution in [0.3, 0.4) is 0 Å². The second-order valence-electron chi connectivity index (χ2n) is 4.98. The Labute approximate surface area is 142 Å². The quantitative estimate of drug-likeness (QED) is 0.672. The molecule has 0 saturated heterocycles. The first-order valence-electron chi connectivity index (χ1n) is 7.26. The van der Waals surface area contributed by atoms with Gasteiger partial charge in [-0.15, -0.1) is 20.4 Å².